The highest BCUT2D eigenvalue weighted by molar-refractivity contribution is 8.14. The van der Waals surface area contributed by atoms with Crippen molar-refractivity contribution in [3.8, 4) is 11.3 Å². The van der Waals surface area contributed by atoms with Gasteiger partial charge in [-0.15, -0.1) is 12.6 Å². The molecule has 1 aromatic heterocycles. The molecule has 2 atom stereocenters. The molecule has 0 radical (unpaired) electrons. The smallest absolute Gasteiger partial charge is 0.325 e. The van der Waals surface area contributed by atoms with Gasteiger partial charge in [-0.25, -0.2) is 0 Å². The predicted molar refractivity (Wildman–Crippen MR) is 124 cm³/mol. The van der Waals surface area contributed by atoms with Crippen molar-refractivity contribution in [2.45, 2.75) is 17.3 Å². The van der Waals surface area contributed by atoms with Gasteiger partial charge in [0.1, 0.15) is 22.3 Å². The summed E-state index contributed by atoms with van der Waals surface area (Å²) in [6.45, 7) is 0.492. The van der Waals surface area contributed by atoms with Crippen molar-refractivity contribution in [1.29, 1.82) is 0 Å². The molecular formula is C23H20N2O4S2. The lowest BCUT2D eigenvalue weighted by molar-refractivity contribution is -0.138. The molecule has 8 heteroatoms. The minimum atomic E-state index is -1.08. The summed E-state index contributed by atoms with van der Waals surface area (Å²) in [4.78, 5) is 26.1. The predicted octanol–water partition coefficient (Wildman–Crippen LogP) is 4.36. The molecule has 1 saturated heterocycles. The number of hydrogen-bond donors (Lipinski definition) is 3. The van der Waals surface area contributed by atoms with Crippen LogP contribution in [-0.4, -0.2) is 26.6 Å². The highest BCUT2D eigenvalue weighted by Gasteiger charge is 2.34. The van der Waals surface area contributed by atoms with Crippen LogP contribution >= 0.6 is 24.4 Å². The van der Waals surface area contributed by atoms with E-state index in [9.17, 15) is 9.59 Å². The van der Waals surface area contributed by atoms with Crippen molar-refractivity contribution in [2.75, 3.05) is 0 Å². The number of carbonyl (C=O) groups is 2. The Morgan fingerprint density at radius 2 is 1.87 bits per heavy atom. The number of aliphatic carboxylic acids is 1. The van der Waals surface area contributed by atoms with E-state index in [-0.39, 0.29) is 10.6 Å². The average molecular weight is 453 g/mol. The lowest BCUT2D eigenvalue weighted by Gasteiger charge is -2.19. The minimum Gasteiger partial charge on any atom is -0.480 e. The third-order valence-corrected chi connectivity index (χ3v) is 6.49. The van der Waals surface area contributed by atoms with Crippen molar-refractivity contribution in [3.63, 3.8) is 0 Å². The van der Waals surface area contributed by atoms with E-state index >= 15 is 0 Å². The molecule has 3 N–H and O–H groups in total. The van der Waals surface area contributed by atoms with Gasteiger partial charge in [0.05, 0.1) is 4.91 Å². The van der Waals surface area contributed by atoms with Crippen molar-refractivity contribution < 1.29 is 19.1 Å². The van der Waals surface area contributed by atoms with Gasteiger partial charge < -0.3 is 20.2 Å². The van der Waals surface area contributed by atoms with Crippen molar-refractivity contribution in [1.82, 2.24) is 4.90 Å². The van der Waals surface area contributed by atoms with E-state index in [1.165, 1.54) is 11.8 Å². The van der Waals surface area contributed by atoms with Crippen LogP contribution in [0.2, 0.25) is 0 Å². The number of furan rings is 1. The zero-order chi connectivity index (χ0) is 22.0. The molecule has 1 amide bonds. The Morgan fingerprint density at radius 3 is 2.55 bits per heavy atom. The van der Waals surface area contributed by atoms with Gasteiger partial charge in [0.2, 0.25) is 0 Å². The number of benzene rings is 2. The Hall–Kier alpha value is -2.94. The first-order valence-corrected chi connectivity index (χ1v) is 10.9. The fourth-order valence-corrected chi connectivity index (χ4v) is 4.66. The molecule has 6 nitrogen and oxygen atoms in total. The number of rotatable bonds is 6. The van der Waals surface area contributed by atoms with Crippen LogP contribution in [0.25, 0.3) is 17.4 Å². The average Bonchev–Trinajstić information content (AvgIpc) is 3.34. The van der Waals surface area contributed by atoms with Crippen molar-refractivity contribution >= 4 is 42.3 Å². The Balaban J connectivity index is 1.49. The largest absolute Gasteiger partial charge is 0.480 e. The molecular weight excluding hydrogens is 432 g/mol. The number of nitrogens with two attached hydrogens (primary N) is 1. The Kier molecular flexibility index (Phi) is 6.22. The standard InChI is InChI=1S/C23H20N2O4S2/c24-20(22(27)28)16-8-6-15(7-9-16)18-11-10-17(29-18)12-19-21(26)25(23(30)31-19)13-14-4-2-1-3-5-14/h1-12,20,23,30H,13,24H2,(H,27,28)/b19-12-/t20-,23-/m0/s1. The fourth-order valence-electron chi connectivity index (χ4n) is 3.21. The molecule has 4 rings (SSSR count). The molecule has 0 saturated carbocycles. The van der Waals surface area contributed by atoms with Gasteiger partial charge in [0.25, 0.3) is 5.91 Å². The lowest BCUT2D eigenvalue weighted by Crippen LogP contribution is -2.28. The third-order valence-electron chi connectivity index (χ3n) is 4.89. The Bertz CT molecular complexity index is 1130. The van der Waals surface area contributed by atoms with E-state index in [0.717, 1.165) is 11.1 Å². The van der Waals surface area contributed by atoms with Crippen LogP contribution in [0.5, 0.6) is 0 Å². The summed E-state index contributed by atoms with van der Waals surface area (Å²) in [6, 6.07) is 19.2. The molecule has 0 aliphatic carbocycles. The van der Waals surface area contributed by atoms with Gasteiger partial charge in [0, 0.05) is 18.2 Å². The number of thiol groups is 1. The second kappa shape index (κ2) is 9.05. The number of nitrogens with zero attached hydrogens (tertiary/aromatic N) is 1. The van der Waals surface area contributed by atoms with E-state index in [1.54, 1.807) is 41.3 Å². The minimum absolute atomic E-state index is 0.0844. The van der Waals surface area contributed by atoms with E-state index in [4.69, 9.17) is 15.3 Å². The quantitative estimate of drug-likeness (QED) is 0.380. The van der Waals surface area contributed by atoms with E-state index < -0.39 is 12.0 Å². The number of thioether (sulfide) groups is 1. The molecule has 2 aromatic carbocycles. The van der Waals surface area contributed by atoms with Gasteiger partial charge in [-0.05, 0) is 23.3 Å². The van der Waals surface area contributed by atoms with Crippen LogP contribution in [-0.2, 0) is 16.1 Å². The van der Waals surface area contributed by atoms with E-state index in [0.29, 0.717) is 28.5 Å². The first-order chi connectivity index (χ1) is 14.9. The van der Waals surface area contributed by atoms with Crippen LogP contribution in [0.15, 0.2) is 76.1 Å². The van der Waals surface area contributed by atoms with Crippen LogP contribution < -0.4 is 5.73 Å². The van der Waals surface area contributed by atoms with Crippen molar-refractivity contribution in [3.05, 3.63) is 88.5 Å². The molecule has 0 spiro atoms. The first kappa shape index (κ1) is 21.3. The zero-order valence-corrected chi connectivity index (χ0v) is 18.1. The molecule has 3 aromatic rings. The summed E-state index contributed by atoms with van der Waals surface area (Å²) in [6.07, 6.45) is 1.72. The highest BCUT2D eigenvalue weighted by atomic mass is 32.2. The lowest BCUT2D eigenvalue weighted by atomic mass is 10.0. The van der Waals surface area contributed by atoms with Crippen LogP contribution in [0.3, 0.4) is 0 Å². The summed E-state index contributed by atoms with van der Waals surface area (Å²) in [5.74, 6) is 0.00146. The number of carbonyl (C=O) groups excluding carboxylic acids is 1. The summed E-state index contributed by atoms with van der Waals surface area (Å²) in [7, 11) is 0. The van der Waals surface area contributed by atoms with Crippen LogP contribution in [0.4, 0.5) is 0 Å². The van der Waals surface area contributed by atoms with Gasteiger partial charge in [0.15, 0.2) is 0 Å². The molecule has 0 bridgehead atoms. The maximum absolute atomic E-state index is 12.8. The third kappa shape index (κ3) is 4.71. The second-order valence-electron chi connectivity index (χ2n) is 7.01. The maximum Gasteiger partial charge on any atom is 0.325 e. The molecule has 0 unspecified atom stereocenters. The van der Waals surface area contributed by atoms with Gasteiger partial charge in [-0.1, -0.05) is 66.4 Å². The summed E-state index contributed by atoms with van der Waals surface area (Å²) >= 11 is 5.93. The zero-order valence-electron chi connectivity index (χ0n) is 16.3. The molecule has 1 aliphatic heterocycles. The Morgan fingerprint density at radius 1 is 1.16 bits per heavy atom. The number of carboxylic acids is 1. The molecule has 1 fully saturated rings. The molecule has 1 aliphatic rings. The van der Waals surface area contributed by atoms with Gasteiger partial charge in [-0.3, -0.25) is 9.59 Å². The first-order valence-electron chi connectivity index (χ1n) is 9.52. The molecule has 2 heterocycles. The van der Waals surface area contributed by atoms with E-state index in [1.807, 2.05) is 36.4 Å². The fraction of sp³-hybridized carbons (Fsp3) is 0.130. The van der Waals surface area contributed by atoms with Crippen LogP contribution in [0.1, 0.15) is 22.9 Å². The number of hydrogen-bond acceptors (Lipinski definition) is 6. The normalized spacial score (nSPS) is 18.5. The summed E-state index contributed by atoms with van der Waals surface area (Å²) in [5.41, 5.74) is 7.97. The number of amides is 1. The topological polar surface area (TPSA) is 96.8 Å². The monoisotopic (exact) mass is 452 g/mol. The molecule has 31 heavy (non-hydrogen) atoms. The highest BCUT2D eigenvalue weighted by Crippen LogP contribution is 2.39. The summed E-state index contributed by atoms with van der Waals surface area (Å²) in [5, 5.41) is 9.01. The Labute approximate surface area is 189 Å². The van der Waals surface area contributed by atoms with Crippen LogP contribution in [0, 0.1) is 0 Å². The second-order valence-corrected chi connectivity index (χ2v) is 8.97. The molecule has 158 valence electrons. The number of carboxylic acid groups (broad SMARTS) is 1. The summed E-state index contributed by atoms with van der Waals surface area (Å²) < 4.78 is 5.62. The van der Waals surface area contributed by atoms with Gasteiger partial charge >= 0.3 is 5.97 Å². The SMILES string of the molecule is N[C@H](C(=O)O)c1ccc(-c2ccc(/C=C3\S[C@H](S)N(Cc4ccccc4)C3=O)o2)cc1. The maximum atomic E-state index is 12.8. The van der Waals surface area contributed by atoms with Gasteiger partial charge in [-0.2, -0.15) is 0 Å². The van der Waals surface area contributed by atoms with Crippen molar-refractivity contribution in [2.24, 2.45) is 5.73 Å². The van der Waals surface area contributed by atoms with E-state index in [2.05, 4.69) is 12.6 Å².